The third kappa shape index (κ3) is 4.14. The molecule has 1 aromatic carbocycles. The van der Waals surface area contributed by atoms with Crippen LogP contribution in [0.2, 0.25) is 0 Å². The molecule has 0 aliphatic rings. The van der Waals surface area contributed by atoms with Gasteiger partial charge in [0.2, 0.25) is 5.91 Å². The number of hydrogen-bond donors (Lipinski definition) is 3. The minimum atomic E-state index is -0.258. The van der Waals surface area contributed by atoms with Crippen molar-refractivity contribution in [3.63, 3.8) is 0 Å². The Bertz CT molecular complexity index is 642. The zero-order chi connectivity index (χ0) is 13.7. The lowest BCUT2D eigenvalue weighted by atomic mass is 10.3. The van der Waals surface area contributed by atoms with Crippen LogP contribution in [-0.4, -0.2) is 26.7 Å². The van der Waals surface area contributed by atoms with Gasteiger partial charge in [-0.2, -0.15) is 0 Å². The zero-order valence-corrected chi connectivity index (χ0v) is 10.6. The Hall–Kier alpha value is -2.28. The first-order chi connectivity index (χ1) is 9.13. The molecular weight excluding hydrogens is 266 g/mol. The summed E-state index contributed by atoms with van der Waals surface area (Å²) in [5, 5.41) is 12.3. The third-order valence-corrected chi connectivity index (χ3v) is 3.01. The molecule has 0 saturated carbocycles. The van der Waals surface area contributed by atoms with Crippen molar-refractivity contribution in [2.45, 2.75) is 5.16 Å². The second kappa shape index (κ2) is 6.05. The van der Waals surface area contributed by atoms with E-state index in [0.717, 1.165) is 11.8 Å². The molecule has 0 spiro atoms. The summed E-state index contributed by atoms with van der Waals surface area (Å²) in [7, 11) is 0. The summed E-state index contributed by atoms with van der Waals surface area (Å²) in [6.07, 6.45) is 1.38. The van der Waals surface area contributed by atoms with Gasteiger partial charge in [0.05, 0.1) is 5.75 Å². The fourth-order valence-electron chi connectivity index (χ4n) is 1.34. The topological polar surface area (TPSA) is 95.1 Å². The molecule has 0 bridgehead atoms. The second-order valence-corrected chi connectivity index (χ2v) is 4.59. The van der Waals surface area contributed by atoms with Gasteiger partial charge < -0.3 is 15.4 Å². The lowest BCUT2D eigenvalue weighted by Crippen LogP contribution is -2.15. The molecular formula is C12H11N3O3S. The molecule has 0 atom stereocenters. The molecule has 1 amide bonds. The largest absolute Gasteiger partial charge is 0.508 e. The highest BCUT2D eigenvalue weighted by Gasteiger charge is 2.05. The van der Waals surface area contributed by atoms with E-state index in [-0.39, 0.29) is 23.0 Å². The number of anilines is 1. The number of nitrogens with zero attached hydrogens (tertiary/aromatic N) is 1. The van der Waals surface area contributed by atoms with Gasteiger partial charge in [-0.3, -0.25) is 9.59 Å². The monoisotopic (exact) mass is 277 g/mol. The van der Waals surface area contributed by atoms with Crippen LogP contribution in [0.4, 0.5) is 5.69 Å². The van der Waals surface area contributed by atoms with Gasteiger partial charge >= 0.3 is 0 Å². The first-order valence-electron chi connectivity index (χ1n) is 5.40. The maximum absolute atomic E-state index is 11.6. The summed E-state index contributed by atoms with van der Waals surface area (Å²) < 4.78 is 0. The minimum Gasteiger partial charge on any atom is -0.508 e. The van der Waals surface area contributed by atoms with Gasteiger partial charge in [-0.05, 0) is 12.1 Å². The van der Waals surface area contributed by atoms with Crippen molar-refractivity contribution in [3.8, 4) is 5.75 Å². The van der Waals surface area contributed by atoms with Crippen molar-refractivity contribution in [2.24, 2.45) is 0 Å². The molecule has 3 N–H and O–H groups in total. The highest BCUT2D eigenvalue weighted by molar-refractivity contribution is 7.99. The number of H-pyrrole nitrogens is 1. The maximum Gasteiger partial charge on any atom is 0.251 e. The van der Waals surface area contributed by atoms with E-state index < -0.39 is 0 Å². The van der Waals surface area contributed by atoms with Gasteiger partial charge in [0.25, 0.3) is 5.56 Å². The van der Waals surface area contributed by atoms with Crippen LogP contribution in [0, 0.1) is 0 Å². The molecule has 0 aliphatic heterocycles. The van der Waals surface area contributed by atoms with Gasteiger partial charge in [0.15, 0.2) is 5.16 Å². The first-order valence-corrected chi connectivity index (χ1v) is 6.39. The fourth-order valence-corrected chi connectivity index (χ4v) is 1.99. The van der Waals surface area contributed by atoms with Crippen molar-refractivity contribution in [1.82, 2.24) is 9.97 Å². The number of thioether (sulfide) groups is 1. The number of carbonyl (C=O) groups is 1. The number of rotatable bonds is 4. The standard InChI is InChI=1S/C12H11N3O3S/c16-9-3-1-2-8(6-9)14-11(18)7-19-12-13-5-4-10(17)15-12/h1-6,16H,7H2,(H,14,18)(H,13,15,17). The summed E-state index contributed by atoms with van der Waals surface area (Å²) >= 11 is 1.12. The number of aromatic nitrogens is 2. The highest BCUT2D eigenvalue weighted by atomic mass is 32.2. The molecule has 1 heterocycles. The van der Waals surface area contributed by atoms with Gasteiger partial charge in [-0.15, -0.1) is 0 Å². The van der Waals surface area contributed by atoms with Crippen LogP contribution in [0.15, 0.2) is 46.5 Å². The number of phenolic OH excluding ortho intramolecular Hbond substituents is 1. The molecule has 0 aliphatic carbocycles. The van der Waals surface area contributed by atoms with Crippen molar-refractivity contribution >= 4 is 23.4 Å². The average Bonchev–Trinajstić information content (AvgIpc) is 2.36. The fraction of sp³-hybridized carbons (Fsp3) is 0.0833. The third-order valence-electron chi connectivity index (χ3n) is 2.12. The number of hydrogen-bond acceptors (Lipinski definition) is 5. The SMILES string of the molecule is O=C(CSc1nccc(=O)[nH]1)Nc1cccc(O)c1. The molecule has 1 aromatic heterocycles. The van der Waals surface area contributed by atoms with Crippen LogP contribution >= 0.6 is 11.8 Å². The number of benzene rings is 1. The van der Waals surface area contributed by atoms with Crippen LogP contribution in [-0.2, 0) is 4.79 Å². The van der Waals surface area contributed by atoms with E-state index in [1.54, 1.807) is 12.1 Å². The molecule has 0 radical (unpaired) electrons. The van der Waals surface area contributed by atoms with Crippen LogP contribution < -0.4 is 10.9 Å². The van der Waals surface area contributed by atoms with E-state index in [0.29, 0.717) is 10.8 Å². The Balaban J connectivity index is 1.90. The Morgan fingerprint density at radius 3 is 3.00 bits per heavy atom. The quantitative estimate of drug-likeness (QED) is 0.576. The number of aromatic amines is 1. The molecule has 6 nitrogen and oxygen atoms in total. The smallest absolute Gasteiger partial charge is 0.251 e. The molecule has 2 rings (SSSR count). The lowest BCUT2D eigenvalue weighted by Gasteiger charge is -2.04. The van der Waals surface area contributed by atoms with Gasteiger partial charge in [-0.25, -0.2) is 4.98 Å². The van der Waals surface area contributed by atoms with E-state index in [1.807, 2.05) is 0 Å². The van der Waals surface area contributed by atoms with Crippen molar-refractivity contribution in [3.05, 3.63) is 46.9 Å². The van der Waals surface area contributed by atoms with E-state index in [1.165, 1.54) is 24.4 Å². The molecule has 2 aromatic rings. The van der Waals surface area contributed by atoms with Crippen LogP contribution in [0.25, 0.3) is 0 Å². The van der Waals surface area contributed by atoms with Crippen LogP contribution in [0.1, 0.15) is 0 Å². The zero-order valence-electron chi connectivity index (χ0n) is 9.79. The second-order valence-electron chi connectivity index (χ2n) is 3.63. The molecule has 0 unspecified atom stereocenters. The summed E-state index contributed by atoms with van der Waals surface area (Å²) in [5.41, 5.74) is 0.256. The van der Waals surface area contributed by atoms with Crippen molar-refractivity contribution in [2.75, 3.05) is 11.1 Å². The maximum atomic E-state index is 11.6. The van der Waals surface area contributed by atoms with Crippen LogP contribution in [0.3, 0.4) is 0 Å². The highest BCUT2D eigenvalue weighted by Crippen LogP contribution is 2.16. The average molecular weight is 277 g/mol. The van der Waals surface area contributed by atoms with E-state index in [9.17, 15) is 14.7 Å². The molecule has 98 valence electrons. The Morgan fingerprint density at radius 1 is 1.42 bits per heavy atom. The summed E-state index contributed by atoms with van der Waals surface area (Å²) in [4.78, 5) is 29.1. The number of carbonyl (C=O) groups excluding carboxylic acids is 1. The normalized spacial score (nSPS) is 10.1. The van der Waals surface area contributed by atoms with E-state index >= 15 is 0 Å². The molecule has 19 heavy (non-hydrogen) atoms. The number of phenols is 1. The summed E-state index contributed by atoms with van der Waals surface area (Å²) in [5.74, 6) is -0.0515. The molecule has 7 heteroatoms. The Morgan fingerprint density at radius 2 is 2.26 bits per heavy atom. The van der Waals surface area contributed by atoms with Crippen molar-refractivity contribution < 1.29 is 9.90 Å². The summed E-state index contributed by atoms with van der Waals surface area (Å²) in [6.45, 7) is 0. The van der Waals surface area contributed by atoms with Gasteiger partial charge in [-0.1, -0.05) is 17.8 Å². The summed E-state index contributed by atoms with van der Waals surface area (Å²) in [6, 6.07) is 7.57. The predicted octanol–water partition coefficient (Wildman–Crippen LogP) is 1.21. The van der Waals surface area contributed by atoms with Crippen molar-refractivity contribution in [1.29, 1.82) is 0 Å². The molecule has 0 saturated heterocycles. The predicted molar refractivity (Wildman–Crippen MR) is 72.3 cm³/mol. The number of amides is 1. The Labute approximate surface area is 112 Å². The van der Waals surface area contributed by atoms with Crippen LogP contribution in [0.5, 0.6) is 5.75 Å². The minimum absolute atomic E-state index is 0.0829. The molecule has 0 fully saturated rings. The Kier molecular flexibility index (Phi) is 4.19. The van der Waals surface area contributed by atoms with Gasteiger partial charge in [0.1, 0.15) is 5.75 Å². The number of aromatic hydroxyl groups is 1. The van der Waals surface area contributed by atoms with E-state index in [2.05, 4.69) is 15.3 Å². The van der Waals surface area contributed by atoms with E-state index in [4.69, 9.17) is 0 Å². The lowest BCUT2D eigenvalue weighted by molar-refractivity contribution is -0.113. The first kappa shape index (κ1) is 13.2. The van der Waals surface area contributed by atoms with Gasteiger partial charge in [0, 0.05) is 24.0 Å². The number of nitrogens with one attached hydrogen (secondary N) is 2.